The third kappa shape index (κ3) is 7.01. The van der Waals surface area contributed by atoms with Gasteiger partial charge in [0, 0.05) is 43.8 Å². The molecule has 1 aliphatic heterocycles. The first-order valence-corrected chi connectivity index (χ1v) is 11.9. The summed E-state index contributed by atoms with van der Waals surface area (Å²) in [5.74, 6) is -1.28. The van der Waals surface area contributed by atoms with Crippen LogP contribution >= 0.6 is 11.6 Å². The van der Waals surface area contributed by atoms with Gasteiger partial charge in [0.2, 0.25) is 0 Å². The first kappa shape index (κ1) is 25.1. The zero-order valence-electron chi connectivity index (χ0n) is 19.5. The fourth-order valence-electron chi connectivity index (χ4n) is 4.09. The Hall–Kier alpha value is -3.00. The number of hydrogen-bond acceptors (Lipinski definition) is 3. The third-order valence-corrected chi connectivity index (χ3v) is 6.28. The van der Waals surface area contributed by atoms with E-state index in [9.17, 15) is 13.6 Å². The molecule has 1 aliphatic rings. The lowest BCUT2D eigenvalue weighted by molar-refractivity contribution is 0.00592. The van der Waals surface area contributed by atoms with E-state index in [2.05, 4.69) is 29.3 Å². The van der Waals surface area contributed by atoms with Crippen LogP contribution < -0.4 is 5.32 Å². The Balaban J connectivity index is 1.36. The number of hydrogen-bond donors (Lipinski definition) is 1. The van der Waals surface area contributed by atoms with Crippen molar-refractivity contribution in [1.82, 2.24) is 9.80 Å². The van der Waals surface area contributed by atoms with Gasteiger partial charge in [0.15, 0.2) is 0 Å². The Bertz CT molecular complexity index is 1150. The zero-order valence-corrected chi connectivity index (χ0v) is 20.3. The van der Waals surface area contributed by atoms with Gasteiger partial charge in [-0.15, -0.1) is 0 Å². The molecule has 0 aromatic heterocycles. The molecule has 0 bridgehead atoms. The van der Waals surface area contributed by atoms with Crippen molar-refractivity contribution in [2.24, 2.45) is 0 Å². The van der Waals surface area contributed by atoms with Gasteiger partial charge in [-0.3, -0.25) is 4.90 Å². The van der Waals surface area contributed by atoms with Gasteiger partial charge in [-0.1, -0.05) is 53.6 Å². The highest BCUT2D eigenvalue weighted by molar-refractivity contribution is 6.30. The first-order valence-electron chi connectivity index (χ1n) is 11.5. The molecule has 0 saturated carbocycles. The number of aryl methyl sites for hydroxylation is 1. The van der Waals surface area contributed by atoms with Crippen LogP contribution in [0.4, 0.5) is 19.3 Å². The number of amides is 2. The molecule has 35 heavy (non-hydrogen) atoms. The van der Waals surface area contributed by atoms with Gasteiger partial charge in [-0.25, -0.2) is 13.6 Å². The molecule has 0 spiro atoms. The monoisotopic (exact) mass is 499 g/mol. The number of halogens is 3. The molecule has 1 fully saturated rings. The van der Waals surface area contributed by atoms with Gasteiger partial charge >= 0.3 is 6.03 Å². The highest BCUT2D eigenvalue weighted by atomic mass is 35.5. The van der Waals surface area contributed by atoms with Crippen molar-refractivity contribution >= 4 is 23.3 Å². The topological polar surface area (TPSA) is 44.8 Å². The molecular formula is C27H28ClF2N3O2. The lowest BCUT2D eigenvalue weighted by atomic mass is 10.1. The minimum Gasteiger partial charge on any atom is -0.368 e. The summed E-state index contributed by atoms with van der Waals surface area (Å²) in [5.41, 5.74) is 3.16. The van der Waals surface area contributed by atoms with Gasteiger partial charge in [-0.05, 0) is 42.3 Å². The van der Waals surface area contributed by atoms with Crippen LogP contribution in [0.2, 0.25) is 5.02 Å². The van der Waals surface area contributed by atoms with Crippen LogP contribution in [0.15, 0.2) is 66.7 Å². The van der Waals surface area contributed by atoms with E-state index < -0.39 is 17.7 Å². The number of anilines is 1. The Labute approximate surface area is 209 Å². The van der Waals surface area contributed by atoms with E-state index in [1.54, 1.807) is 4.90 Å². The summed E-state index contributed by atoms with van der Waals surface area (Å²) in [6.45, 7) is 5.40. The average molecular weight is 500 g/mol. The predicted octanol–water partition coefficient (Wildman–Crippen LogP) is 6.03. The molecule has 184 valence electrons. The molecular weight excluding hydrogens is 472 g/mol. The quantitative estimate of drug-likeness (QED) is 0.431. The fourth-order valence-corrected chi connectivity index (χ4v) is 4.21. The van der Waals surface area contributed by atoms with E-state index in [-0.39, 0.29) is 11.8 Å². The van der Waals surface area contributed by atoms with E-state index in [1.807, 2.05) is 36.4 Å². The first-order chi connectivity index (χ1) is 16.9. The SMILES string of the molecule is Cc1cccc(COC(CN2CCN(C(=O)Nc3cc(F)ccc3F)CC2)c2ccc(Cl)cc2)c1. The Kier molecular flexibility index (Phi) is 8.33. The molecule has 8 heteroatoms. The molecule has 0 radical (unpaired) electrons. The minimum absolute atomic E-state index is 0.162. The summed E-state index contributed by atoms with van der Waals surface area (Å²) in [7, 11) is 0. The molecule has 2 amide bonds. The second-order valence-electron chi connectivity index (χ2n) is 8.68. The molecule has 5 nitrogen and oxygen atoms in total. The van der Waals surface area contributed by atoms with E-state index >= 15 is 0 Å². The van der Waals surface area contributed by atoms with Gasteiger partial charge in [-0.2, -0.15) is 0 Å². The molecule has 3 aromatic carbocycles. The Morgan fingerprint density at radius 1 is 1.03 bits per heavy atom. The lowest BCUT2D eigenvalue weighted by Gasteiger charge is -2.36. The van der Waals surface area contributed by atoms with Crippen molar-refractivity contribution < 1.29 is 18.3 Å². The summed E-state index contributed by atoms with van der Waals surface area (Å²) in [5, 5.41) is 3.13. The molecule has 4 rings (SSSR count). The van der Waals surface area contributed by atoms with Crippen LogP contribution in [-0.2, 0) is 11.3 Å². The maximum atomic E-state index is 13.9. The van der Waals surface area contributed by atoms with E-state index in [0.29, 0.717) is 44.4 Å². The Morgan fingerprint density at radius 3 is 2.49 bits per heavy atom. The number of carbonyl (C=O) groups is 1. The summed E-state index contributed by atoms with van der Waals surface area (Å²) in [6.07, 6.45) is -0.172. The second-order valence-corrected chi connectivity index (χ2v) is 9.12. The van der Waals surface area contributed by atoms with Crippen LogP contribution in [-0.4, -0.2) is 48.6 Å². The number of nitrogens with zero attached hydrogens (tertiary/aromatic N) is 2. The van der Waals surface area contributed by atoms with Crippen molar-refractivity contribution in [2.45, 2.75) is 19.6 Å². The third-order valence-electron chi connectivity index (χ3n) is 6.03. The van der Waals surface area contributed by atoms with Crippen LogP contribution in [0.25, 0.3) is 0 Å². The highest BCUT2D eigenvalue weighted by Gasteiger charge is 2.25. The number of piperazine rings is 1. The summed E-state index contributed by atoms with van der Waals surface area (Å²) >= 11 is 6.08. The smallest absolute Gasteiger partial charge is 0.322 e. The largest absolute Gasteiger partial charge is 0.368 e. The maximum absolute atomic E-state index is 13.9. The van der Waals surface area contributed by atoms with Gasteiger partial charge in [0.05, 0.1) is 18.4 Å². The minimum atomic E-state index is -0.671. The number of carbonyl (C=O) groups excluding carboxylic acids is 1. The molecule has 3 aromatic rings. The van der Waals surface area contributed by atoms with Crippen molar-refractivity contribution in [1.29, 1.82) is 0 Å². The van der Waals surface area contributed by atoms with Crippen LogP contribution in [0.3, 0.4) is 0 Å². The number of benzene rings is 3. The number of urea groups is 1. The molecule has 0 aliphatic carbocycles. The van der Waals surface area contributed by atoms with Gasteiger partial charge < -0.3 is 15.0 Å². The van der Waals surface area contributed by atoms with Crippen LogP contribution in [0.5, 0.6) is 0 Å². The zero-order chi connectivity index (χ0) is 24.8. The van der Waals surface area contributed by atoms with Gasteiger partial charge in [0.25, 0.3) is 0 Å². The Morgan fingerprint density at radius 2 is 1.77 bits per heavy atom. The summed E-state index contributed by atoms with van der Waals surface area (Å²) in [4.78, 5) is 16.4. The van der Waals surface area contributed by atoms with E-state index in [0.717, 1.165) is 29.3 Å². The van der Waals surface area contributed by atoms with Crippen LogP contribution in [0, 0.1) is 18.6 Å². The van der Waals surface area contributed by atoms with Crippen molar-refractivity contribution in [3.05, 3.63) is 100 Å². The molecule has 1 saturated heterocycles. The highest BCUT2D eigenvalue weighted by Crippen LogP contribution is 2.24. The number of rotatable bonds is 7. The maximum Gasteiger partial charge on any atom is 0.322 e. The summed E-state index contributed by atoms with van der Waals surface area (Å²) < 4.78 is 33.6. The molecule has 1 heterocycles. The predicted molar refractivity (Wildman–Crippen MR) is 134 cm³/mol. The van der Waals surface area contributed by atoms with Crippen molar-refractivity contribution in [3.8, 4) is 0 Å². The van der Waals surface area contributed by atoms with Crippen molar-refractivity contribution in [2.75, 3.05) is 38.0 Å². The number of nitrogens with one attached hydrogen (secondary N) is 1. The number of ether oxygens (including phenoxy) is 1. The second kappa shape index (κ2) is 11.6. The standard InChI is InChI=1S/C27H28ClF2N3O2/c1-19-3-2-4-20(15-19)18-35-26(21-5-7-22(28)8-6-21)17-32-11-13-33(14-12-32)27(34)31-25-16-23(29)9-10-24(25)30/h2-10,15-16,26H,11-14,17-18H2,1H3,(H,31,34). The molecule has 1 N–H and O–H groups in total. The fraction of sp³-hybridized carbons (Fsp3) is 0.296. The van der Waals surface area contributed by atoms with Crippen molar-refractivity contribution in [3.63, 3.8) is 0 Å². The van der Waals surface area contributed by atoms with E-state index in [4.69, 9.17) is 16.3 Å². The van der Waals surface area contributed by atoms with Crippen LogP contribution in [0.1, 0.15) is 22.8 Å². The van der Waals surface area contributed by atoms with E-state index in [1.165, 1.54) is 5.56 Å². The normalized spacial score (nSPS) is 15.1. The molecule has 1 atom stereocenters. The lowest BCUT2D eigenvalue weighted by Crippen LogP contribution is -2.50. The average Bonchev–Trinajstić information content (AvgIpc) is 2.85. The summed E-state index contributed by atoms with van der Waals surface area (Å²) in [6, 6.07) is 18.4. The molecule has 1 unspecified atom stereocenters. The van der Waals surface area contributed by atoms with Gasteiger partial charge in [0.1, 0.15) is 11.6 Å².